The first-order valence-electron chi connectivity index (χ1n) is 7.55. The van der Waals surface area contributed by atoms with Gasteiger partial charge in [-0.2, -0.15) is 17.9 Å². The van der Waals surface area contributed by atoms with E-state index in [2.05, 4.69) is 0 Å². The predicted octanol–water partition coefficient (Wildman–Crippen LogP) is 3.58. The van der Waals surface area contributed by atoms with Crippen LogP contribution < -0.4 is 10.0 Å². The van der Waals surface area contributed by atoms with E-state index in [0.717, 1.165) is 19.2 Å². The molecule has 160 valence electrons. The number of hydrogen-bond donors (Lipinski definition) is 2. The van der Waals surface area contributed by atoms with Crippen LogP contribution in [0.3, 0.4) is 0 Å². The molecule has 6 nitrogen and oxygen atoms in total. The van der Waals surface area contributed by atoms with E-state index in [9.17, 15) is 39.6 Å². The molecule has 0 aliphatic heterocycles. The zero-order chi connectivity index (χ0) is 22.3. The molecule has 1 aromatic carbocycles. The van der Waals surface area contributed by atoms with Crippen molar-refractivity contribution in [3.63, 3.8) is 0 Å². The fourth-order valence-corrected chi connectivity index (χ4v) is 3.70. The van der Waals surface area contributed by atoms with Crippen molar-refractivity contribution in [3.8, 4) is 0 Å². The molecule has 0 aliphatic carbocycles. The fraction of sp³-hybridized carbons (Fsp3) is 0.267. The van der Waals surface area contributed by atoms with E-state index in [1.54, 1.807) is 0 Å². The van der Waals surface area contributed by atoms with Crippen molar-refractivity contribution >= 4 is 33.2 Å². The number of halogens is 7. The van der Waals surface area contributed by atoms with Crippen molar-refractivity contribution in [1.82, 2.24) is 9.29 Å². The zero-order valence-corrected chi connectivity index (χ0v) is 16.1. The van der Waals surface area contributed by atoms with Crippen LogP contribution in [0.4, 0.5) is 32.0 Å². The average molecular weight is 464 g/mol. The molecule has 2 N–H and O–H groups in total. The summed E-state index contributed by atoms with van der Waals surface area (Å²) in [6.45, 7) is 0.507. The van der Waals surface area contributed by atoms with Gasteiger partial charge >= 0.3 is 6.18 Å². The van der Waals surface area contributed by atoms with E-state index in [-0.39, 0.29) is 0 Å². The van der Waals surface area contributed by atoms with Crippen LogP contribution in [0.15, 0.2) is 23.2 Å². The summed E-state index contributed by atoms with van der Waals surface area (Å²) in [4.78, 5) is 11.0. The molecule has 2 rings (SSSR count). The molecule has 0 radical (unpaired) electrons. The molecule has 0 saturated carbocycles. The summed E-state index contributed by atoms with van der Waals surface area (Å²) in [7, 11) is -3.95. The zero-order valence-electron chi connectivity index (χ0n) is 14.5. The lowest BCUT2D eigenvalue weighted by Crippen LogP contribution is -2.43. The predicted molar refractivity (Wildman–Crippen MR) is 90.5 cm³/mol. The lowest BCUT2D eigenvalue weighted by molar-refractivity contribution is -0.147. The Bertz CT molecular complexity index is 1070. The molecule has 1 amide bonds. The SMILES string of the molecule is CC(NS(=O)(=O)c1cn(C)c(C(=O)Nc2ccc(F)c(Cl)c2F)c1F)C(F)(F)F. The normalized spacial score (nSPS) is 13.4. The van der Waals surface area contributed by atoms with E-state index in [4.69, 9.17) is 11.6 Å². The summed E-state index contributed by atoms with van der Waals surface area (Å²) in [5.74, 6) is -5.49. The number of carbonyl (C=O) groups excluding carboxylic acids is 1. The van der Waals surface area contributed by atoms with Gasteiger partial charge in [-0.25, -0.2) is 21.6 Å². The van der Waals surface area contributed by atoms with Gasteiger partial charge in [0.25, 0.3) is 5.91 Å². The smallest absolute Gasteiger partial charge is 0.343 e. The lowest BCUT2D eigenvalue weighted by atomic mass is 10.2. The molecule has 0 aliphatic rings. The highest BCUT2D eigenvalue weighted by atomic mass is 35.5. The number of sulfonamides is 1. The van der Waals surface area contributed by atoms with Crippen molar-refractivity contribution in [3.05, 3.63) is 46.5 Å². The van der Waals surface area contributed by atoms with Crippen LogP contribution in [0, 0.1) is 17.5 Å². The van der Waals surface area contributed by atoms with Gasteiger partial charge in [-0.05, 0) is 19.1 Å². The summed E-state index contributed by atoms with van der Waals surface area (Å²) in [6.07, 6.45) is -4.36. The number of nitrogens with one attached hydrogen (secondary N) is 2. The quantitative estimate of drug-likeness (QED) is 0.525. The van der Waals surface area contributed by atoms with Gasteiger partial charge in [0.05, 0.1) is 5.69 Å². The lowest BCUT2D eigenvalue weighted by Gasteiger charge is -2.16. The molecule has 0 saturated heterocycles. The van der Waals surface area contributed by atoms with Crippen LogP contribution in [0.2, 0.25) is 5.02 Å². The van der Waals surface area contributed by atoms with Gasteiger partial charge in [-0.3, -0.25) is 4.79 Å². The molecule has 29 heavy (non-hydrogen) atoms. The Morgan fingerprint density at radius 2 is 1.76 bits per heavy atom. The minimum Gasteiger partial charge on any atom is -0.343 e. The summed E-state index contributed by atoms with van der Waals surface area (Å²) in [5.41, 5.74) is -1.56. The molecule has 14 heteroatoms. The molecule has 1 atom stereocenters. The van der Waals surface area contributed by atoms with Crippen LogP contribution in [0.1, 0.15) is 17.4 Å². The van der Waals surface area contributed by atoms with Gasteiger partial charge in [0.1, 0.15) is 27.5 Å². The molecule has 1 unspecified atom stereocenters. The Kier molecular flexibility index (Phi) is 6.26. The number of carbonyl (C=O) groups is 1. The van der Waals surface area contributed by atoms with Crippen LogP contribution in [0.5, 0.6) is 0 Å². The minimum absolute atomic E-state index is 0.507. The maximum absolute atomic E-state index is 14.6. The highest BCUT2D eigenvalue weighted by Crippen LogP contribution is 2.28. The maximum Gasteiger partial charge on any atom is 0.404 e. The first-order valence-corrected chi connectivity index (χ1v) is 9.41. The molecule has 0 fully saturated rings. The van der Waals surface area contributed by atoms with Crippen molar-refractivity contribution in [2.45, 2.75) is 24.0 Å². The number of hydrogen-bond acceptors (Lipinski definition) is 3. The van der Waals surface area contributed by atoms with Crippen molar-refractivity contribution < 1.29 is 39.6 Å². The maximum atomic E-state index is 14.6. The number of anilines is 1. The minimum atomic E-state index is -4.99. The molecular formula is C15H12ClF6N3O3S. The van der Waals surface area contributed by atoms with Gasteiger partial charge in [0, 0.05) is 13.2 Å². The Balaban J connectivity index is 2.39. The third-order valence-corrected chi connectivity index (χ3v) is 5.57. The summed E-state index contributed by atoms with van der Waals surface area (Å²) < 4.78 is 105. The number of nitrogens with zero attached hydrogens (tertiary/aromatic N) is 1. The number of rotatable bonds is 5. The van der Waals surface area contributed by atoms with Crippen LogP contribution in [-0.4, -0.2) is 31.1 Å². The summed E-state index contributed by atoms with van der Waals surface area (Å²) >= 11 is 5.36. The summed E-state index contributed by atoms with van der Waals surface area (Å²) in [6, 6.07) is -1.01. The van der Waals surface area contributed by atoms with E-state index in [1.807, 2.05) is 5.32 Å². The first-order chi connectivity index (χ1) is 13.2. The van der Waals surface area contributed by atoms with E-state index in [1.165, 1.54) is 4.72 Å². The van der Waals surface area contributed by atoms with E-state index < -0.39 is 66.9 Å². The monoisotopic (exact) mass is 463 g/mol. The van der Waals surface area contributed by atoms with Crippen LogP contribution >= 0.6 is 11.6 Å². The average Bonchev–Trinajstić information content (AvgIpc) is 2.89. The van der Waals surface area contributed by atoms with Crippen molar-refractivity contribution in [2.24, 2.45) is 7.05 Å². The molecule has 0 bridgehead atoms. The topological polar surface area (TPSA) is 80.2 Å². The Hall–Kier alpha value is -2.25. The van der Waals surface area contributed by atoms with Gasteiger partial charge in [0.15, 0.2) is 11.6 Å². The van der Waals surface area contributed by atoms with E-state index >= 15 is 0 Å². The van der Waals surface area contributed by atoms with Gasteiger partial charge in [-0.15, -0.1) is 0 Å². The highest BCUT2D eigenvalue weighted by Gasteiger charge is 2.40. The molecule has 1 aromatic heterocycles. The third-order valence-electron chi connectivity index (χ3n) is 3.70. The standard InChI is InChI=1S/C15H12ClF6N3O3S/c1-6(15(20,21)22)24-29(27,28)9-5-25(2)13(12(9)19)14(26)23-8-4-3-7(17)10(16)11(8)18/h3-6,24H,1-2H3,(H,23,26). The number of amides is 1. The van der Waals surface area contributed by atoms with Crippen LogP contribution in [0.25, 0.3) is 0 Å². The molecule has 2 aromatic rings. The second kappa shape index (κ2) is 7.88. The van der Waals surface area contributed by atoms with E-state index in [0.29, 0.717) is 17.7 Å². The Morgan fingerprint density at radius 3 is 2.31 bits per heavy atom. The first kappa shape index (κ1) is 23.0. The van der Waals surface area contributed by atoms with Gasteiger partial charge in [-0.1, -0.05) is 11.6 Å². The van der Waals surface area contributed by atoms with Gasteiger partial charge < -0.3 is 9.88 Å². The number of aromatic nitrogens is 1. The molecule has 1 heterocycles. The van der Waals surface area contributed by atoms with Crippen LogP contribution in [-0.2, 0) is 17.1 Å². The number of benzene rings is 1. The fourth-order valence-electron chi connectivity index (χ4n) is 2.18. The Morgan fingerprint density at radius 1 is 1.17 bits per heavy atom. The molecule has 0 spiro atoms. The second-order valence-electron chi connectivity index (χ2n) is 5.83. The molecular weight excluding hydrogens is 452 g/mol. The highest BCUT2D eigenvalue weighted by molar-refractivity contribution is 7.89. The van der Waals surface area contributed by atoms with Crippen molar-refractivity contribution in [1.29, 1.82) is 0 Å². The Labute approximate surface area is 165 Å². The van der Waals surface area contributed by atoms with Gasteiger partial charge in [0.2, 0.25) is 10.0 Å². The number of alkyl halides is 3. The summed E-state index contributed by atoms with van der Waals surface area (Å²) in [5, 5.41) is 0.944. The third kappa shape index (κ3) is 4.67. The largest absolute Gasteiger partial charge is 0.404 e. The number of aryl methyl sites for hydroxylation is 1. The van der Waals surface area contributed by atoms with Crippen molar-refractivity contribution in [2.75, 3.05) is 5.32 Å². The second-order valence-corrected chi connectivity index (χ2v) is 7.89.